The first kappa shape index (κ1) is 10.1. The van der Waals surface area contributed by atoms with E-state index in [1.165, 1.54) is 19.4 Å². The molecule has 80 valence electrons. The number of nitrogens with zero attached hydrogens (tertiary/aromatic N) is 2. The minimum Gasteiger partial charge on any atom is -0.395 e. The number of rotatable bonds is 3. The molecule has 2 aliphatic rings. The lowest BCUT2D eigenvalue weighted by Crippen LogP contribution is -2.47. The summed E-state index contributed by atoms with van der Waals surface area (Å²) in [6.45, 7) is 5.69. The van der Waals surface area contributed by atoms with E-state index in [4.69, 9.17) is 5.11 Å². The summed E-state index contributed by atoms with van der Waals surface area (Å²) < 4.78 is 0. The van der Waals surface area contributed by atoms with Crippen molar-refractivity contribution >= 4 is 0 Å². The lowest BCUT2D eigenvalue weighted by molar-refractivity contribution is 0.102. The molecule has 3 nitrogen and oxygen atoms in total. The van der Waals surface area contributed by atoms with Gasteiger partial charge in [-0.1, -0.05) is 12.2 Å². The first-order chi connectivity index (χ1) is 6.90. The molecule has 1 atom stereocenters. The molecule has 1 unspecified atom stereocenters. The Hall–Kier alpha value is -0.380. The zero-order valence-electron chi connectivity index (χ0n) is 8.73. The van der Waals surface area contributed by atoms with Gasteiger partial charge < -0.3 is 5.11 Å². The Morgan fingerprint density at radius 3 is 2.79 bits per heavy atom. The van der Waals surface area contributed by atoms with E-state index < -0.39 is 0 Å². The summed E-state index contributed by atoms with van der Waals surface area (Å²) in [5, 5.41) is 8.90. The molecule has 0 saturated carbocycles. The van der Waals surface area contributed by atoms with Crippen molar-refractivity contribution in [3.63, 3.8) is 0 Å². The van der Waals surface area contributed by atoms with Crippen molar-refractivity contribution in [3.8, 4) is 0 Å². The predicted octanol–water partition coefficient (Wildman–Crippen LogP) is 0.315. The molecule has 0 aromatic heterocycles. The van der Waals surface area contributed by atoms with Crippen molar-refractivity contribution in [2.45, 2.75) is 18.9 Å². The molecular formula is C11H20N2O. The Balaban J connectivity index is 1.81. The fourth-order valence-corrected chi connectivity index (χ4v) is 2.47. The van der Waals surface area contributed by atoms with Crippen LogP contribution in [0, 0.1) is 0 Å². The van der Waals surface area contributed by atoms with Gasteiger partial charge >= 0.3 is 0 Å². The zero-order valence-corrected chi connectivity index (χ0v) is 8.73. The van der Waals surface area contributed by atoms with Gasteiger partial charge in [-0.05, 0) is 19.4 Å². The molecule has 0 bridgehead atoms. The van der Waals surface area contributed by atoms with Gasteiger partial charge in [0, 0.05) is 32.2 Å². The Labute approximate surface area is 86.0 Å². The zero-order chi connectivity index (χ0) is 9.80. The molecule has 1 N–H and O–H groups in total. The summed E-state index contributed by atoms with van der Waals surface area (Å²) in [6, 6.07) is 0.713. The number of aliphatic hydroxyl groups excluding tert-OH is 1. The fraction of sp³-hybridized carbons (Fsp3) is 0.818. The highest BCUT2D eigenvalue weighted by atomic mass is 16.3. The fourth-order valence-electron chi connectivity index (χ4n) is 2.47. The van der Waals surface area contributed by atoms with Crippen LogP contribution in [0.25, 0.3) is 0 Å². The average molecular weight is 196 g/mol. The maximum absolute atomic E-state index is 8.90. The van der Waals surface area contributed by atoms with Gasteiger partial charge in [0.25, 0.3) is 0 Å². The summed E-state index contributed by atoms with van der Waals surface area (Å²) in [6.07, 6.45) is 7.11. The largest absolute Gasteiger partial charge is 0.395 e. The number of β-amino-alcohol motifs (C(OH)–C–C–N with tert-alkyl or cyclic N) is 1. The van der Waals surface area contributed by atoms with Gasteiger partial charge in [0.1, 0.15) is 0 Å². The van der Waals surface area contributed by atoms with Crippen LogP contribution in [0.2, 0.25) is 0 Å². The maximum Gasteiger partial charge on any atom is 0.0558 e. The molecule has 0 radical (unpaired) electrons. The third kappa shape index (κ3) is 2.35. The van der Waals surface area contributed by atoms with Crippen LogP contribution < -0.4 is 0 Å². The highest BCUT2D eigenvalue weighted by Gasteiger charge is 2.24. The highest BCUT2D eigenvalue weighted by molar-refractivity contribution is 4.98. The minimum atomic E-state index is 0.297. The highest BCUT2D eigenvalue weighted by Crippen LogP contribution is 2.17. The van der Waals surface area contributed by atoms with Crippen LogP contribution in [0.15, 0.2) is 12.2 Å². The number of aliphatic hydroxyl groups is 1. The SMILES string of the molecule is OCCN1CCCC(N2CC=CC2)C1. The van der Waals surface area contributed by atoms with Crippen LogP contribution in [0.3, 0.4) is 0 Å². The standard InChI is InChI=1S/C11H20N2O/c14-9-8-12-5-3-4-11(10-12)13-6-1-2-7-13/h1-2,11,14H,3-10H2. The summed E-state index contributed by atoms with van der Waals surface area (Å²) >= 11 is 0. The lowest BCUT2D eigenvalue weighted by Gasteiger charge is -2.37. The van der Waals surface area contributed by atoms with Crippen molar-refractivity contribution in [2.75, 3.05) is 39.3 Å². The van der Waals surface area contributed by atoms with E-state index in [0.717, 1.165) is 26.2 Å². The Morgan fingerprint density at radius 2 is 2.07 bits per heavy atom. The molecule has 14 heavy (non-hydrogen) atoms. The summed E-state index contributed by atoms with van der Waals surface area (Å²) in [4.78, 5) is 4.91. The molecule has 2 aliphatic heterocycles. The Bertz CT molecular complexity index is 195. The molecule has 0 aromatic rings. The van der Waals surface area contributed by atoms with Gasteiger partial charge in [-0.25, -0.2) is 0 Å². The number of piperidine rings is 1. The lowest BCUT2D eigenvalue weighted by atomic mass is 10.0. The quantitative estimate of drug-likeness (QED) is 0.658. The van der Waals surface area contributed by atoms with Gasteiger partial charge in [-0.15, -0.1) is 0 Å². The van der Waals surface area contributed by atoms with Crippen LogP contribution >= 0.6 is 0 Å². The second-order valence-corrected chi connectivity index (χ2v) is 4.25. The van der Waals surface area contributed by atoms with Crippen LogP contribution in [0.5, 0.6) is 0 Å². The molecule has 1 fully saturated rings. The van der Waals surface area contributed by atoms with Crippen molar-refractivity contribution in [3.05, 3.63) is 12.2 Å². The normalized spacial score (nSPS) is 29.9. The summed E-state index contributed by atoms with van der Waals surface area (Å²) in [5.41, 5.74) is 0. The Kier molecular flexibility index (Phi) is 3.56. The van der Waals surface area contributed by atoms with E-state index in [1.807, 2.05) is 0 Å². The third-order valence-corrected chi connectivity index (χ3v) is 3.26. The predicted molar refractivity (Wildman–Crippen MR) is 57.3 cm³/mol. The monoisotopic (exact) mass is 196 g/mol. The van der Waals surface area contributed by atoms with Crippen LogP contribution in [0.1, 0.15) is 12.8 Å². The van der Waals surface area contributed by atoms with E-state index in [1.54, 1.807) is 0 Å². The molecule has 2 rings (SSSR count). The second-order valence-electron chi connectivity index (χ2n) is 4.25. The molecule has 0 aromatic carbocycles. The maximum atomic E-state index is 8.90. The van der Waals surface area contributed by atoms with E-state index in [2.05, 4.69) is 22.0 Å². The van der Waals surface area contributed by atoms with Gasteiger partial charge in [0.05, 0.1) is 6.61 Å². The summed E-state index contributed by atoms with van der Waals surface area (Å²) in [7, 11) is 0. The van der Waals surface area contributed by atoms with Crippen LogP contribution in [-0.4, -0.2) is 60.3 Å². The number of likely N-dealkylation sites (tertiary alicyclic amines) is 1. The minimum absolute atomic E-state index is 0.297. The average Bonchev–Trinajstić information content (AvgIpc) is 2.71. The topological polar surface area (TPSA) is 26.7 Å². The van der Waals surface area contributed by atoms with Crippen LogP contribution in [-0.2, 0) is 0 Å². The van der Waals surface area contributed by atoms with Crippen molar-refractivity contribution in [2.24, 2.45) is 0 Å². The smallest absolute Gasteiger partial charge is 0.0558 e. The third-order valence-electron chi connectivity index (χ3n) is 3.26. The van der Waals surface area contributed by atoms with Gasteiger partial charge in [-0.3, -0.25) is 9.80 Å². The molecule has 0 aliphatic carbocycles. The molecule has 2 heterocycles. The van der Waals surface area contributed by atoms with E-state index in [-0.39, 0.29) is 0 Å². The molecule has 0 amide bonds. The first-order valence-corrected chi connectivity index (χ1v) is 5.62. The first-order valence-electron chi connectivity index (χ1n) is 5.62. The molecule has 3 heteroatoms. The molecule has 1 saturated heterocycles. The van der Waals surface area contributed by atoms with Gasteiger partial charge in [-0.2, -0.15) is 0 Å². The second kappa shape index (κ2) is 4.91. The van der Waals surface area contributed by atoms with Crippen molar-refractivity contribution in [1.29, 1.82) is 0 Å². The molecular weight excluding hydrogens is 176 g/mol. The van der Waals surface area contributed by atoms with Gasteiger partial charge in [0.15, 0.2) is 0 Å². The van der Waals surface area contributed by atoms with E-state index >= 15 is 0 Å². The van der Waals surface area contributed by atoms with Crippen molar-refractivity contribution < 1.29 is 5.11 Å². The van der Waals surface area contributed by atoms with Crippen molar-refractivity contribution in [1.82, 2.24) is 9.80 Å². The van der Waals surface area contributed by atoms with Gasteiger partial charge in [0.2, 0.25) is 0 Å². The summed E-state index contributed by atoms with van der Waals surface area (Å²) in [5.74, 6) is 0. The number of hydrogen-bond donors (Lipinski definition) is 1. The van der Waals surface area contributed by atoms with Crippen LogP contribution in [0.4, 0.5) is 0 Å². The number of hydrogen-bond acceptors (Lipinski definition) is 3. The molecule has 0 spiro atoms. The van der Waals surface area contributed by atoms with E-state index in [0.29, 0.717) is 12.6 Å². The van der Waals surface area contributed by atoms with E-state index in [9.17, 15) is 0 Å². The Morgan fingerprint density at radius 1 is 1.29 bits per heavy atom.